The Morgan fingerprint density at radius 1 is 1.06 bits per heavy atom. The molecule has 2 heterocycles. The van der Waals surface area contributed by atoms with Crippen LogP contribution in [0.1, 0.15) is 36.3 Å². The number of anilines is 1. The summed E-state index contributed by atoms with van der Waals surface area (Å²) in [6.07, 6.45) is 2.67. The van der Waals surface area contributed by atoms with E-state index in [9.17, 15) is 9.18 Å². The molecule has 0 aliphatic carbocycles. The number of aromatic nitrogens is 1. The Balaban J connectivity index is 1.21. The number of amides is 1. The van der Waals surface area contributed by atoms with Crippen molar-refractivity contribution in [1.82, 2.24) is 10.3 Å². The number of benzene rings is 3. The summed E-state index contributed by atoms with van der Waals surface area (Å²) in [5.74, 6) is 0.0396. The van der Waals surface area contributed by atoms with Gasteiger partial charge in [0.1, 0.15) is 5.82 Å². The molecule has 34 heavy (non-hydrogen) atoms. The highest BCUT2D eigenvalue weighted by Crippen LogP contribution is 2.32. The number of carbonyl (C=O) groups is 1. The van der Waals surface area contributed by atoms with Crippen LogP contribution in [0.5, 0.6) is 0 Å². The van der Waals surface area contributed by atoms with Crippen molar-refractivity contribution in [2.75, 3.05) is 24.5 Å². The number of rotatable bonds is 7. The highest BCUT2D eigenvalue weighted by molar-refractivity contribution is 7.22. The van der Waals surface area contributed by atoms with Crippen LogP contribution in [0.15, 0.2) is 78.9 Å². The molecule has 5 rings (SSSR count). The molecule has 0 saturated carbocycles. The molecule has 1 aromatic heterocycles. The third-order valence-corrected chi connectivity index (χ3v) is 7.62. The smallest absolute Gasteiger partial charge is 0.224 e. The van der Waals surface area contributed by atoms with Crippen LogP contribution in [0.25, 0.3) is 10.2 Å². The Morgan fingerprint density at radius 3 is 2.47 bits per heavy atom. The van der Waals surface area contributed by atoms with Crippen molar-refractivity contribution in [2.24, 2.45) is 5.92 Å². The minimum atomic E-state index is -0.247. The van der Waals surface area contributed by atoms with Crippen molar-refractivity contribution < 1.29 is 9.18 Å². The number of nitrogens with one attached hydrogen (secondary N) is 1. The molecule has 0 bridgehead atoms. The van der Waals surface area contributed by atoms with Gasteiger partial charge in [-0.15, -0.1) is 0 Å². The van der Waals surface area contributed by atoms with Crippen LogP contribution in [0.4, 0.5) is 9.52 Å². The highest BCUT2D eigenvalue weighted by Gasteiger charge is 2.27. The van der Waals surface area contributed by atoms with Crippen molar-refractivity contribution in [3.05, 3.63) is 95.8 Å². The average Bonchev–Trinajstić information content (AvgIpc) is 3.31. The number of hydrogen-bond donors (Lipinski definition) is 1. The van der Waals surface area contributed by atoms with Gasteiger partial charge in [0.05, 0.1) is 16.1 Å². The summed E-state index contributed by atoms with van der Waals surface area (Å²) in [4.78, 5) is 19.9. The fourth-order valence-corrected chi connectivity index (χ4v) is 5.79. The Hall–Kier alpha value is -3.25. The molecule has 6 heteroatoms. The second-order valence-corrected chi connectivity index (χ2v) is 9.86. The first-order chi connectivity index (χ1) is 16.7. The van der Waals surface area contributed by atoms with Crippen LogP contribution in [-0.4, -0.2) is 30.5 Å². The molecule has 1 atom stereocenters. The maximum Gasteiger partial charge on any atom is 0.224 e. The summed E-state index contributed by atoms with van der Waals surface area (Å²) in [6, 6.07) is 25.6. The molecule has 4 aromatic rings. The number of hydrogen-bond acceptors (Lipinski definition) is 4. The van der Waals surface area contributed by atoms with Crippen molar-refractivity contribution in [3.63, 3.8) is 0 Å². The zero-order chi connectivity index (χ0) is 23.3. The van der Waals surface area contributed by atoms with Gasteiger partial charge >= 0.3 is 0 Å². The molecule has 0 spiro atoms. The van der Waals surface area contributed by atoms with E-state index < -0.39 is 0 Å². The van der Waals surface area contributed by atoms with E-state index in [4.69, 9.17) is 0 Å². The Labute approximate surface area is 203 Å². The van der Waals surface area contributed by atoms with Crippen molar-refractivity contribution in [3.8, 4) is 0 Å². The van der Waals surface area contributed by atoms with Crippen LogP contribution in [0, 0.1) is 11.7 Å². The molecular formula is C28H28FN3OS. The minimum Gasteiger partial charge on any atom is -0.356 e. The number of carbonyl (C=O) groups excluding carboxylic acids is 1. The van der Waals surface area contributed by atoms with Gasteiger partial charge in [0, 0.05) is 25.6 Å². The summed E-state index contributed by atoms with van der Waals surface area (Å²) in [5.41, 5.74) is 3.33. The van der Waals surface area contributed by atoms with Gasteiger partial charge in [-0.25, -0.2) is 9.37 Å². The van der Waals surface area contributed by atoms with E-state index in [0.29, 0.717) is 13.1 Å². The van der Waals surface area contributed by atoms with Gasteiger partial charge in [-0.2, -0.15) is 0 Å². The molecule has 4 nitrogen and oxygen atoms in total. The minimum absolute atomic E-state index is 0.0654. The van der Waals surface area contributed by atoms with Gasteiger partial charge in [-0.3, -0.25) is 4.79 Å². The van der Waals surface area contributed by atoms with Crippen molar-refractivity contribution in [2.45, 2.75) is 25.2 Å². The van der Waals surface area contributed by atoms with Gasteiger partial charge in [0.25, 0.3) is 0 Å². The monoisotopic (exact) mass is 473 g/mol. The predicted molar refractivity (Wildman–Crippen MR) is 137 cm³/mol. The lowest BCUT2D eigenvalue weighted by atomic mass is 9.88. The number of thiazole rings is 1. The lowest BCUT2D eigenvalue weighted by Gasteiger charge is -2.31. The van der Waals surface area contributed by atoms with E-state index in [1.807, 2.05) is 12.1 Å². The first-order valence-corrected chi connectivity index (χ1v) is 12.7. The summed E-state index contributed by atoms with van der Waals surface area (Å²) < 4.78 is 14.4. The summed E-state index contributed by atoms with van der Waals surface area (Å²) in [6.45, 7) is 2.15. The SMILES string of the molecule is O=C(NCCC(c1ccccc1)c1ccccc1)C1CCCN(c2nc3ccc(F)cc3s2)C1. The fraction of sp³-hybridized carbons (Fsp3) is 0.286. The maximum absolute atomic E-state index is 13.6. The van der Waals surface area contributed by atoms with Crippen LogP contribution in [-0.2, 0) is 4.79 Å². The van der Waals surface area contributed by atoms with Crippen LogP contribution in [0.2, 0.25) is 0 Å². The quantitative estimate of drug-likeness (QED) is 0.359. The topological polar surface area (TPSA) is 45.2 Å². The molecule has 3 aromatic carbocycles. The average molecular weight is 474 g/mol. The molecule has 1 saturated heterocycles. The standard InChI is InChI=1S/C28H28FN3OS/c29-23-13-14-25-26(18-23)34-28(31-25)32-17-7-12-22(19-32)27(33)30-16-15-24(20-8-3-1-4-9-20)21-10-5-2-6-11-21/h1-6,8-11,13-14,18,22,24H,7,12,15-17,19H2,(H,30,33). The first-order valence-electron chi connectivity index (χ1n) is 11.9. The van der Waals surface area contributed by atoms with Crippen molar-refractivity contribution >= 4 is 32.6 Å². The molecule has 1 amide bonds. The zero-order valence-corrected chi connectivity index (χ0v) is 19.8. The second-order valence-electron chi connectivity index (χ2n) is 8.85. The van der Waals surface area contributed by atoms with E-state index in [-0.39, 0.29) is 23.6 Å². The summed E-state index contributed by atoms with van der Waals surface area (Å²) in [7, 11) is 0. The van der Waals surface area contributed by atoms with Gasteiger partial charge in [0.2, 0.25) is 5.91 Å². The van der Waals surface area contributed by atoms with Crippen LogP contribution >= 0.6 is 11.3 Å². The Kier molecular flexibility index (Phi) is 6.86. The summed E-state index contributed by atoms with van der Waals surface area (Å²) >= 11 is 1.49. The Morgan fingerprint density at radius 2 is 1.76 bits per heavy atom. The van der Waals surface area contributed by atoms with Gasteiger partial charge in [0.15, 0.2) is 5.13 Å². The molecule has 1 N–H and O–H groups in total. The number of piperidine rings is 1. The van der Waals surface area contributed by atoms with Gasteiger partial charge < -0.3 is 10.2 Å². The van der Waals surface area contributed by atoms with Crippen LogP contribution < -0.4 is 10.2 Å². The largest absolute Gasteiger partial charge is 0.356 e. The van der Waals surface area contributed by atoms with E-state index in [1.165, 1.54) is 34.6 Å². The molecule has 1 fully saturated rings. The number of fused-ring (bicyclic) bond motifs is 1. The number of nitrogens with zero attached hydrogens (tertiary/aromatic N) is 2. The third kappa shape index (κ3) is 5.12. The lowest BCUT2D eigenvalue weighted by Crippen LogP contribution is -2.43. The molecule has 1 aliphatic heterocycles. The van der Waals surface area contributed by atoms with E-state index in [1.54, 1.807) is 6.07 Å². The van der Waals surface area contributed by atoms with E-state index in [2.05, 4.69) is 63.7 Å². The molecule has 174 valence electrons. The molecule has 1 aliphatic rings. The molecule has 1 unspecified atom stereocenters. The fourth-order valence-electron chi connectivity index (χ4n) is 4.77. The lowest BCUT2D eigenvalue weighted by molar-refractivity contribution is -0.125. The third-order valence-electron chi connectivity index (χ3n) is 6.54. The van der Waals surface area contributed by atoms with Crippen LogP contribution in [0.3, 0.4) is 0 Å². The van der Waals surface area contributed by atoms with Gasteiger partial charge in [-0.1, -0.05) is 72.0 Å². The first kappa shape index (κ1) is 22.5. The van der Waals surface area contributed by atoms with Gasteiger partial charge in [-0.05, 0) is 48.6 Å². The van der Waals surface area contributed by atoms with E-state index in [0.717, 1.165) is 41.2 Å². The highest BCUT2D eigenvalue weighted by atomic mass is 32.1. The van der Waals surface area contributed by atoms with E-state index >= 15 is 0 Å². The molecular weight excluding hydrogens is 445 g/mol. The Bertz CT molecular complexity index is 1210. The zero-order valence-electron chi connectivity index (χ0n) is 19.0. The number of halogens is 1. The van der Waals surface area contributed by atoms with Crippen molar-refractivity contribution in [1.29, 1.82) is 0 Å². The normalized spacial score (nSPS) is 16.2. The second kappa shape index (κ2) is 10.3. The summed E-state index contributed by atoms with van der Waals surface area (Å²) in [5, 5.41) is 4.06. The maximum atomic E-state index is 13.6. The molecule has 0 radical (unpaired) electrons. The predicted octanol–water partition coefficient (Wildman–Crippen LogP) is 5.99.